The Labute approximate surface area is 158 Å². The zero-order chi connectivity index (χ0) is 18.6. The van der Waals surface area contributed by atoms with Crippen molar-refractivity contribution in [2.24, 2.45) is 11.3 Å². The van der Waals surface area contributed by atoms with Gasteiger partial charge >= 0.3 is 5.97 Å². The van der Waals surface area contributed by atoms with Crippen LogP contribution in [-0.2, 0) is 19.7 Å². The predicted octanol–water partition coefficient (Wildman–Crippen LogP) is 1.61. The third-order valence-electron chi connectivity index (χ3n) is 8.19. The number of anilines is 1. The number of para-hydroxylation sites is 1. The van der Waals surface area contributed by atoms with Crippen LogP contribution in [0.1, 0.15) is 25.3 Å². The molecule has 5 saturated heterocycles. The van der Waals surface area contributed by atoms with Crippen LogP contribution in [0.2, 0.25) is 0 Å². The first-order valence-electron chi connectivity index (χ1n) is 9.77. The fraction of sp³-hybridized carbons (Fsp3) is 0.571. The number of ether oxygens (including phenoxy) is 2. The van der Waals surface area contributed by atoms with Crippen LogP contribution in [-0.4, -0.2) is 54.2 Å². The lowest BCUT2D eigenvalue weighted by molar-refractivity contribution is -0.328. The molecule has 7 aliphatic rings. The van der Waals surface area contributed by atoms with E-state index in [1.165, 1.54) is 12.7 Å². The average molecular weight is 368 g/mol. The summed E-state index contributed by atoms with van der Waals surface area (Å²) in [6.45, 7) is 3.67. The Kier molecular flexibility index (Phi) is 2.83. The number of hydrogen-bond acceptors (Lipinski definition) is 6. The summed E-state index contributed by atoms with van der Waals surface area (Å²) in [7, 11) is 1.42. The molecule has 6 fully saturated rings. The molecular formula is C21H24N2O4. The summed E-state index contributed by atoms with van der Waals surface area (Å²) in [4.78, 5) is 16.0. The zero-order valence-electron chi connectivity index (χ0n) is 15.6. The normalized spacial score (nSPS) is 49.5. The van der Waals surface area contributed by atoms with E-state index in [1.807, 2.05) is 19.1 Å². The van der Waals surface area contributed by atoms with Crippen LogP contribution in [0.15, 0.2) is 35.9 Å². The van der Waals surface area contributed by atoms with Crippen LogP contribution < -0.4 is 5.32 Å². The van der Waals surface area contributed by atoms with Gasteiger partial charge in [-0.1, -0.05) is 29.8 Å². The Morgan fingerprint density at radius 2 is 2.26 bits per heavy atom. The smallest absolute Gasteiger partial charge is 0.318 e. The van der Waals surface area contributed by atoms with Crippen molar-refractivity contribution in [2.75, 3.05) is 25.5 Å². The highest BCUT2D eigenvalue weighted by Crippen LogP contribution is 2.76. The van der Waals surface area contributed by atoms with Crippen LogP contribution in [0, 0.1) is 11.3 Å². The molecule has 27 heavy (non-hydrogen) atoms. The molecule has 6 heterocycles. The summed E-state index contributed by atoms with van der Waals surface area (Å²) in [5, 5.41) is 15.1. The number of benzene rings is 1. The lowest BCUT2D eigenvalue weighted by atomic mass is 9.43. The van der Waals surface area contributed by atoms with Gasteiger partial charge in [-0.15, -0.1) is 0 Å². The van der Waals surface area contributed by atoms with Crippen molar-refractivity contribution in [3.8, 4) is 0 Å². The van der Waals surface area contributed by atoms with Crippen molar-refractivity contribution in [3.05, 3.63) is 41.5 Å². The maximum Gasteiger partial charge on any atom is 0.318 e. The van der Waals surface area contributed by atoms with Gasteiger partial charge in [0.2, 0.25) is 0 Å². The number of carbonyl (C=O) groups is 1. The molecule has 6 aliphatic heterocycles. The van der Waals surface area contributed by atoms with Gasteiger partial charge in [0.25, 0.3) is 0 Å². The second kappa shape index (κ2) is 4.74. The predicted molar refractivity (Wildman–Crippen MR) is 97.9 cm³/mol. The summed E-state index contributed by atoms with van der Waals surface area (Å²) in [5.74, 6) is -0.445. The first-order chi connectivity index (χ1) is 13.1. The van der Waals surface area contributed by atoms with Gasteiger partial charge in [-0.25, -0.2) is 0 Å². The summed E-state index contributed by atoms with van der Waals surface area (Å²) in [6, 6.07) is 8.23. The van der Waals surface area contributed by atoms with Crippen LogP contribution in [0.3, 0.4) is 0 Å². The third kappa shape index (κ3) is 1.33. The maximum absolute atomic E-state index is 13.6. The van der Waals surface area contributed by atoms with Crippen molar-refractivity contribution in [1.82, 2.24) is 4.90 Å². The minimum absolute atomic E-state index is 0.0879. The second-order valence-electron chi connectivity index (χ2n) is 8.50. The highest BCUT2D eigenvalue weighted by atomic mass is 16.6. The van der Waals surface area contributed by atoms with Crippen molar-refractivity contribution in [1.29, 1.82) is 0 Å². The lowest BCUT2D eigenvalue weighted by Crippen LogP contribution is -2.81. The number of nitrogens with one attached hydrogen (secondary N) is 1. The monoisotopic (exact) mass is 368 g/mol. The van der Waals surface area contributed by atoms with E-state index < -0.39 is 22.8 Å². The topological polar surface area (TPSA) is 71.0 Å². The van der Waals surface area contributed by atoms with E-state index in [1.54, 1.807) is 0 Å². The van der Waals surface area contributed by atoms with Crippen LogP contribution >= 0.6 is 0 Å². The van der Waals surface area contributed by atoms with E-state index in [-0.39, 0.29) is 18.0 Å². The third-order valence-corrected chi connectivity index (χ3v) is 8.19. The van der Waals surface area contributed by atoms with E-state index in [2.05, 4.69) is 28.4 Å². The number of methoxy groups -OCH3 is 1. The van der Waals surface area contributed by atoms with Crippen molar-refractivity contribution in [2.45, 2.75) is 43.2 Å². The van der Waals surface area contributed by atoms with Gasteiger partial charge in [-0.2, -0.15) is 0 Å². The fourth-order valence-corrected chi connectivity index (χ4v) is 7.46. The molecule has 0 radical (unpaired) electrons. The Balaban J connectivity index is 1.78. The number of rotatable bonds is 1. The van der Waals surface area contributed by atoms with Gasteiger partial charge in [0, 0.05) is 24.7 Å². The highest BCUT2D eigenvalue weighted by Gasteiger charge is 2.88. The number of nitrogens with zero attached hydrogens (tertiary/aromatic N) is 1. The first-order valence-corrected chi connectivity index (χ1v) is 9.77. The van der Waals surface area contributed by atoms with Crippen molar-refractivity contribution in [3.63, 3.8) is 0 Å². The molecule has 6 nitrogen and oxygen atoms in total. The van der Waals surface area contributed by atoms with Gasteiger partial charge in [-0.3, -0.25) is 9.69 Å². The molecule has 7 atom stereocenters. The highest BCUT2D eigenvalue weighted by molar-refractivity contribution is 5.86. The molecule has 8 rings (SSSR count). The minimum atomic E-state index is -1.18. The first kappa shape index (κ1) is 16.1. The molecule has 0 amide bonds. The number of fused-ring (bicyclic) bond motifs is 3. The molecule has 1 spiro atoms. The minimum Gasteiger partial charge on any atom is -0.468 e. The van der Waals surface area contributed by atoms with E-state index in [4.69, 9.17) is 9.47 Å². The molecule has 6 bridgehead atoms. The zero-order valence-corrected chi connectivity index (χ0v) is 15.6. The Morgan fingerprint density at radius 1 is 1.44 bits per heavy atom. The number of allylic oxidation sites excluding steroid dienone is 1. The van der Waals surface area contributed by atoms with E-state index in [9.17, 15) is 9.90 Å². The number of aliphatic hydroxyl groups is 1. The van der Waals surface area contributed by atoms with Gasteiger partial charge in [0.05, 0.1) is 18.6 Å². The number of esters is 1. The van der Waals surface area contributed by atoms with Gasteiger partial charge < -0.3 is 19.9 Å². The lowest BCUT2D eigenvalue weighted by Gasteiger charge is -2.66. The number of hydrogen-bond donors (Lipinski definition) is 2. The SMILES string of the molecule is CC=C1CN2CCC34c5ccccc5NC23C2CC1C4(C(=O)OC)C(O)O2. The standard InChI is InChI=1S/C21H24N2O4/c1-3-12-11-23-9-8-19-13-6-4-5-7-15(13)22-21(19,23)16-10-14(12)20(19,17(24)26-2)18(25)27-16/h3-7,14,16,18,22,25H,8-11H2,1-2H3. The summed E-state index contributed by atoms with van der Waals surface area (Å²) in [5.41, 5.74) is 1.13. The molecule has 7 unspecified atom stereocenters. The fourth-order valence-electron chi connectivity index (χ4n) is 7.46. The average Bonchev–Trinajstić information content (AvgIpc) is 3.12. The van der Waals surface area contributed by atoms with Crippen molar-refractivity contribution < 1.29 is 19.4 Å². The molecule has 2 N–H and O–H groups in total. The Hall–Kier alpha value is -1.89. The van der Waals surface area contributed by atoms with Crippen molar-refractivity contribution >= 4 is 11.7 Å². The summed E-state index contributed by atoms with van der Waals surface area (Å²) in [6.07, 6.45) is 2.27. The summed E-state index contributed by atoms with van der Waals surface area (Å²) < 4.78 is 11.5. The summed E-state index contributed by atoms with van der Waals surface area (Å²) >= 11 is 0. The van der Waals surface area contributed by atoms with Gasteiger partial charge in [0.1, 0.15) is 11.1 Å². The van der Waals surface area contributed by atoms with Gasteiger partial charge in [0.15, 0.2) is 6.29 Å². The molecule has 1 aromatic carbocycles. The van der Waals surface area contributed by atoms with Gasteiger partial charge in [-0.05, 0) is 31.4 Å². The molecule has 1 aromatic rings. The Bertz CT molecular complexity index is 900. The number of aliphatic hydroxyl groups excluding tert-OH is 1. The quantitative estimate of drug-likeness (QED) is 0.580. The van der Waals surface area contributed by atoms with E-state index >= 15 is 0 Å². The van der Waals surface area contributed by atoms with Crippen LogP contribution in [0.5, 0.6) is 0 Å². The molecule has 1 saturated carbocycles. The molecule has 142 valence electrons. The molecule has 1 aliphatic carbocycles. The van der Waals surface area contributed by atoms with E-state index in [0.717, 1.165) is 30.8 Å². The van der Waals surface area contributed by atoms with Crippen LogP contribution in [0.4, 0.5) is 5.69 Å². The molecular weight excluding hydrogens is 344 g/mol. The number of carbonyl (C=O) groups excluding carboxylic acids is 1. The Morgan fingerprint density at radius 3 is 3.04 bits per heavy atom. The molecule has 0 aromatic heterocycles. The van der Waals surface area contributed by atoms with Crippen LogP contribution in [0.25, 0.3) is 0 Å². The van der Waals surface area contributed by atoms with E-state index in [0.29, 0.717) is 6.42 Å². The molecule has 6 heteroatoms. The second-order valence-corrected chi connectivity index (χ2v) is 8.50. The largest absolute Gasteiger partial charge is 0.468 e. The maximum atomic E-state index is 13.6.